The van der Waals surface area contributed by atoms with Crippen LogP contribution >= 0.6 is 15.9 Å². The third-order valence-electron chi connectivity index (χ3n) is 3.37. The van der Waals surface area contributed by atoms with Crippen molar-refractivity contribution in [1.29, 1.82) is 5.26 Å². The Morgan fingerprint density at radius 3 is 2.36 bits per heavy atom. The molecule has 0 radical (unpaired) electrons. The summed E-state index contributed by atoms with van der Waals surface area (Å²) in [6, 6.07) is 21.0. The predicted octanol–water partition coefficient (Wildman–Crippen LogP) is 4.34. The number of aromatic nitrogens is 1. The largest absolute Gasteiger partial charge is 0.321 e. The lowest BCUT2D eigenvalue weighted by Crippen LogP contribution is -2.12. The summed E-state index contributed by atoms with van der Waals surface area (Å²) in [6.45, 7) is 0. The van der Waals surface area contributed by atoms with Crippen molar-refractivity contribution in [2.75, 3.05) is 0 Å². The lowest BCUT2D eigenvalue weighted by molar-refractivity contribution is 1.22. The van der Waals surface area contributed by atoms with Crippen molar-refractivity contribution in [1.82, 2.24) is 4.98 Å². The van der Waals surface area contributed by atoms with E-state index in [1.807, 2.05) is 66.7 Å². The Hall–Kier alpha value is -2.64. The zero-order chi connectivity index (χ0) is 15.5. The lowest BCUT2D eigenvalue weighted by atomic mass is 9.99. The number of H-pyrrole nitrogens is 1. The number of nitriles is 1. The molecule has 3 nitrogen and oxygen atoms in total. The highest BCUT2D eigenvalue weighted by atomic mass is 79.9. The Morgan fingerprint density at radius 1 is 0.955 bits per heavy atom. The molecule has 0 unspecified atom stereocenters. The maximum Gasteiger partial charge on any atom is 0.266 e. The van der Waals surface area contributed by atoms with Gasteiger partial charge in [0.1, 0.15) is 11.6 Å². The van der Waals surface area contributed by atoms with E-state index in [1.165, 1.54) is 0 Å². The van der Waals surface area contributed by atoms with E-state index in [-0.39, 0.29) is 11.1 Å². The average Bonchev–Trinajstić information content (AvgIpc) is 2.55. The molecule has 22 heavy (non-hydrogen) atoms. The SMILES string of the molecule is N#Cc1c(-c2cccc(Br)c2)cc(-c2ccccc2)[nH]c1=O. The minimum atomic E-state index is -0.376. The predicted molar refractivity (Wildman–Crippen MR) is 90.3 cm³/mol. The van der Waals surface area contributed by atoms with Crippen molar-refractivity contribution in [3.8, 4) is 28.5 Å². The van der Waals surface area contributed by atoms with Gasteiger partial charge in [-0.05, 0) is 29.3 Å². The fraction of sp³-hybridized carbons (Fsp3) is 0. The quantitative estimate of drug-likeness (QED) is 0.747. The fourth-order valence-corrected chi connectivity index (χ4v) is 2.73. The van der Waals surface area contributed by atoms with Gasteiger partial charge in [0.05, 0.1) is 0 Å². The molecule has 1 N–H and O–H groups in total. The molecule has 2 aromatic carbocycles. The summed E-state index contributed by atoms with van der Waals surface area (Å²) in [4.78, 5) is 15.0. The molecule has 0 amide bonds. The molecule has 0 aliphatic carbocycles. The first-order valence-electron chi connectivity index (χ1n) is 6.68. The van der Waals surface area contributed by atoms with Crippen molar-refractivity contribution in [3.05, 3.63) is 81.1 Å². The summed E-state index contributed by atoms with van der Waals surface area (Å²) in [6.07, 6.45) is 0. The molecule has 4 heteroatoms. The molecule has 1 heterocycles. The van der Waals surface area contributed by atoms with Gasteiger partial charge in [0.25, 0.3) is 5.56 Å². The van der Waals surface area contributed by atoms with Gasteiger partial charge in [-0.15, -0.1) is 0 Å². The Balaban J connectivity index is 2.27. The normalized spacial score (nSPS) is 10.2. The van der Waals surface area contributed by atoms with Gasteiger partial charge >= 0.3 is 0 Å². The smallest absolute Gasteiger partial charge is 0.266 e. The van der Waals surface area contributed by atoms with E-state index in [1.54, 1.807) is 0 Å². The number of aromatic amines is 1. The number of nitrogens with one attached hydrogen (secondary N) is 1. The maximum atomic E-state index is 12.2. The van der Waals surface area contributed by atoms with Gasteiger partial charge < -0.3 is 4.98 Å². The van der Waals surface area contributed by atoms with E-state index in [2.05, 4.69) is 20.9 Å². The molecule has 0 fully saturated rings. The van der Waals surface area contributed by atoms with Crippen LogP contribution in [-0.4, -0.2) is 4.98 Å². The number of hydrogen-bond acceptors (Lipinski definition) is 2. The van der Waals surface area contributed by atoms with Crippen molar-refractivity contribution >= 4 is 15.9 Å². The summed E-state index contributed by atoms with van der Waals surface area (Å²) in [5, 5.41) is 9.31. The van der Waals surface area contributed by atoms with Crippen LogP contribution in [0.15, 0.2) is 69.9 Å². The van der Waals surface area contributed by atoms with Gasteiger partial charge in [0.2, 0.25) is 0 Å². The molecule has 0 atom stereocenters. The third-order valence-corrected chi connectivity index (χ3v) is 3.86. The van der Waals surface area contributed by atoms with Crippen LogP contribution in [0.2, 0.25) is 0 Å². The van der Waals surface area contributed by atoms with Crippen LogP contribution in [0.1, 0.15) is 5.56 Å². The second-order valence-electron chi connectivity index (χ2n) is 4.79. The molecular weight excluding hydrogens is 340 g/mol. The first-order valence-corrected chi connectivity index (χ1v) is 7.47. The van der Waals surface area contributed by atoms with Gasteiger partial charge in [-0.1, -0.05) is 58.4 Å². The first kappa shape index (κ1) is 14.3. The molecule has 106 valence electrons. The maximum absolute atomic E-state index is 12.2. The van der Waals surface area contributed by atoms with Gasteiger partial charge in [-0.3, -0.25) is 4.79 Å². The van der Waals surface area contributed by atoms with E-state index >= 15 is 0 Å². The van der Waals surface area contributed by atoms with Crippen LogP contribution in [-0.2, 0) is 0 Å². The number of halogens is 1. The second-order valence-corrected chi connectivity index (χ2v) is 5.70. The van der Waals surface area contributed by atoms with Crippen molar-refractivity contribution < 1.29 is 0 Å². The molecule has 0 saturated heterocycles. The fourth-order valence-electron chi connectivity index (χ4n) is 2.33. The lowest BCUT2D eigenvalue weighted by Gasteiger charge is -2.08. The molecule has 0 aliphatic heterocycles. The van der Waals surface area contributed by atoms with Crippen LogP contribution in [0.3, 0.4) is 0 Å². The van der Waals surface area contributed by atoms with E-state index in [9.17, 15) is 10.1 Å². The second kappa shape index (κ2) is 6.00. The van der Waals surface area contributed by atoms with Crippen molar-refractivity contribution in [2.45, 2.75) is 0 Å². The molecular formula is C18H11BrN2O. The monoisotopic (exact) mass is 350 g/mol. The summed E-state index contributed by atoms with van der Waals surface area (Å²) < 4.78 is 0.899. The summed E-state index contributed by atoms with van der Waals surface area (Å²) in [5.41, 5.74) is 2.80. The van der Waals surface area contributed by atoms with Crippen LogP contribution in [0.4, 0.5) is 0 Å². The van der Waals surface area contributed by atoms with Gasteiger partial charge in [0.15, 0.2) is 0 Å². The highest BCUT2D eigenvalue weighted by Crippen LogP contribution is 2.27. The molecule has 0 aliphatic rings. The standard InChI is InChI=1S/C18H11BrN2O/c19-14-8-4-7-13(9-14)15-10-17(12-5-2-1-3-6-12)21-18(22)16(15)11-20/h1-10H,(H,21,22). The molecule has 0 bridgehead atoms. The van der Waals surface area contributed by atoms with E-state index in [0.717, 1.165) is 15.6 Å². The molecule has 1 aromatic heterocycles. The first-order chi connectivity index (χ1) is 10.7. The zero-order valence-electron chi connectivity index (χ0n) is 11.5. The van der Waals surface area contributed by atoms with Gasteiger partial charge in [-0.2, -0.15) is 5.26 Å². The van der Waals surface area contributed by atoms with Crippen LogP contribution in [0.25, 0.3) is 22.4 Å². The summed E-state index contributed by atoms with van der Waals surface area (Å²) >= 11 is 3.42. The molecule has 0 spiro atoms. The number of rotatable bonds is 2. The van der Waals surface area contributed by atoms with Crippen LogP contribution in [0, 0.1) is 11.3 Å². The van der Waals surface area contributed by atoms with Gasteiger partial charge in [-0.25, -0.2) is 0 Å². The molecule has 0 saturated carbocycles. The average molecular weight is 351 g/mol. The van der Waals surface area contributed by atoms with Crippen molar-refractivity contribution in [2.24, 2.45) is 0 Å². The highest BCUT2D eigenvalue weighted by Gasteiger charge is 2.12. The molecule has 3 aromatic rings. The Labute approximate surface area is 136 Å². The highest BCUT2D eigenvalue weighted by molar-refractivity contribution is 9.10. The third kappa shape index (κ3) is 2.72. The Kier molecular flexibility index (Phi) is 3.90. The van der Waals surface area contributed by atoms with E-state index in [0.29, 0.717) is 11.3 Å². The van der Waals surface area contributed by atoms with E-state index < -0.39 is 0 Å². The number of pyridine rings is 1. The van der Waals surface area contributed by atoms with Crippen molar-refractivity contribution in [3.63, 3.8) is 0 Å². The minimum Gasteiger partial charge on any atom is -0.321 e. The van der Waals surface area contributed by atoms with Crippen LogP contribution in [0.5, 0.6) is 0 Å². The number of nitrogens with zero attached hydrogens (tertiary/aromatic N) is 1. The van der Waals surface area contributed by atoms with Gasteiger partial charge in [0, 0.05) is 15.7 Å². The zero-order valence-corrected chi connectivity index (χ0v) is 13.1. The number of benzene rings is 2. The van der Waals surface area contributed by atoms with E-state index in [4.69, 9.17) is 0 Å². The summed E-state index contributed by atoms with van der Waals surface area (Å²) in [7, 11) is 0. The Bertz CT molecular complexity index is 924. The molecule has 3 rings (SSSR count). The minimum absolute atomic E-state index is 0.123. The Morgan fingerprint density at radius 2 is 1.68 bits per heavy atom. The topological polar surface area (TPSA) is 56.6 Å². The van der Waals surface area contributed by atoms with Crippen LogP contribution < -0.4 is 5.56 Å². The number of hydrogen-bond donors (Lipinski definition) is 1. The summed E-state index contributed by atoms with van der Waals surface area (Å²) in [5.74, 6) is 0.